The molecule has 0 aliphatic rings. The van der Waals surface area contributed by atoms with Crippen LogP contribution in [0.3, 0.4) is 0 Å². The molecule has 3 rings (SSSR count). The second-order valence-corrected chi connectivity index (χ2v) is 9.86. The van der Waals surface area contributed by atoms with E-state index < -0.39 is 22.0 Å². The molecule has 0 bridgehead atoms. The van der Waals surface area contributed by atoms with Crippen LogP contribution in [-0.4, -0.2) is 25.2 Å². The molecule has 3 aromatic rings. The topological polar surface area (TPSA) is 80.5 Å². The number of nitrogens with zero attached hydrogens (tertiary/aromatic N) is 1. The zero-order chi connectivity index (χ0) is 22.6. The number of sulfonamides is 1. The van der Waals surface area contributed by atoms with Crippen LogP contribution < -0.4 is 5.73 Å². The van der Waals surface area contributed by atoms with E-state index in [1.54, 1.807) is 30.3 Å². The minimum absolute atomic E-state index is 0.0551. The minimum Gasteiger partial charge on any atom is -0.368 e. The van der Waals surface area contributed by atoms with Crippen LogP contribution in [0.15, 0.2) is 77.7 Å². The molecule has 1 atom stereocenters. The third kappa shape index (κ3) is 5.53. The van der Waals surface area contributed by atoms with E-state index in [-0.39, 0.29) is 11.4 Å². The van der Waals surface area contributed by atoms with Crippen molar-refractivity contribution in [2.24, 2.45) is 5.73 Å². The molecule has 1 amide bonds. The van der Waals surface area contributed by atoms with Crippen molar-refractivity contribution in [3.05, 3.63) is 100 Å². The number of halogens is 1. The Balaban J connectivity index is 2.05. The maximum Gasteiger partial charge on any atom is 0.244 e. The van der Waals surface area contributed by atoms with Crippen molar-refractivity contribution in [3.8, 4) is 0 Å². The highest BCUT2D eigenvalue weighted by Crippen LogP contribution is 2.29. The summed E-state index contributed by atoms with van der Waals surface area (Å²) in [5, 5.41) is 0.426. The number of benzene rings is 3. The van der Waals surface area contributed by atoms with E-state index in [2.05, 4.69) is 6.07 Å². The maximum atomic E-state index is 13.6. The predicted octanol–water partition coefficient (Wildman–Crippen LogP) is 4.42. The minimum atomic E-state index is -4.03. The lowest BCUT2D eigenvalue weighted by Crippen LogP contribution is -2.42. The van der Waals surface area contributed by atoms with Gasteiger partial charge in [-0.2, -0.15) is 4.31 Å². The third-order valence-electron chi connectivity index (χ3n) is 5.00. The van der Waals surface area contributed by atoms with Gasteiger partial charge in [0.15, 0.2) is 0 Å². The van der Waals surface area contributed by atoms with Gasteiger partial charge in [-0.1, -0.05) is 71.3 Å². The van der Waals surface area contributed by atoms with Crippen LogP contribution in [0.5, 0.6) is 0 Å². The first kappa shape index (κ1) is 23.0. The normalized spacial score (nSPS) is 12.6. The van der Waals surface area contributed by atoms with Crippen LogP contribution in [0.2, 0.25) is 5.02 Å². The Morgan fingerprint density at radius 1 is 0.968 bits per heavy atom. The molecule has 0 aliphatic heterocycles. The van der Waals surface area contributed by atoms with Gasteiger partial charge in [0.2, 0.25) is 15.9 Å². The SMILES string of the molecule is Cc1cc(C)cc(CCN([C@@H](C(N)=O)c2ccccc2)S(=O)(=O)c2ccc(Cl)cc2)c1. The van der Waals surface area contributed by atoms with Crippen LogP contribution in [-0.2, 0) is 21.2 Å². The molecule has 3 aromatic carbocycles. The highest BCUT2D eigenvalue weighted by molar-refractivity contribution is 7.89. The molecule has 7 heteroatoms. The molecule has 0 fully saturated rings. The summed E-state index contributed by atoms with van der Waals surface area (Å²) in [5.74, 6) is -0.732. The molecular formula is C24H25ClN2O3S. The molecule has 162 valence electrons. The first-order valence-corrected chi connectivity index (χ1v) is 11.7. The summed E-state index contributed by atoms with van der Waals surface area (Å²) < 4.78 is 28.4. The van der Waals surface area contributed by atoms with E-state index in [1.165, 1.54) is 28.6 Å². The van der Waals surface area contributed by atoms with Crippen molar-refractivity contribution >= 4 is 27.5 Å². The first-order chi connectivity index (χ1) is 14.7. The number of hydrogen-bond acceptors (Lipinski definition) is 3. The van der Waals surface area contributed by atoms with Gasteiger partial charge in [-0.15, -0.1) is 0 Å². The summed E-state index contributed by atoms with van der Waals surface area (Å²) in [5.41, 5.74) is 9.42. The van der Waals surface area contributed by atoms with Crippen molar-refractivity contribution in [1.29, 1.82) is 0 Å². The van der Waals surface area contributed by atoms with Gasteiger partial charge in [-0.05, 0) is 55.7 Å². The van der Waals surface area contributed by atoms with Crippen molar-refractivity contribution in [2.75, 3.05) is 6.54 Å². The first-order valence-electron chi connectivity index (χ1n) is 9.87. The smallest absolute Gasteiger partial charge is 0.244 e. The van der Waals surface area contributed by atoms with E-state index in [9.17, 15) is 13.2 Å². The van der Waals surface area contributed by atoms with Crippen molar-refractivity contribution in [3.63, 3.8) is 0 Å². The zero-order valence-electron chi connectivity index (χ0n) is 17.5. The van der Waals surface area contributed by atoms with Gasteiger partial charge in [-0.3, -0.25) is 4.79 Å². The number of hydrogen-bond donors (Lipinski definition) is 1. The van der Waals surface area contributed by atoms with Gasteiger partial charge in [-0.25, -0.2) is 8.42 Å². The van der Waals surface area contributed by atoms with Crippen molar-refractivity contribution in [2.45, 2.75) is 31.2 Å². The van der Waals surface area contributed by atoms with E-state index in [4.69, 9.17) is 17.3 Å². The van der Waals surface area contributed by atoms with Crippen molar-refractivity contribution in [1.82, 2.24) is 4.31 Å². The maximum absolute atomic E-state index is 13.6. The largest absolute Gasteiger partial charge is 0.368 e. The number of carbonyl (C=O) groups is 1. The van der Waals surface area contributed by atoms with Gasteiger partial charge in [0.25, 0.3) is 0 Å². The van der Waals surface area contributed by atoms with Crippen LogP contribution in [0.25, 0.3) is 0 Å². The van der Waals surface area contributed by atoms with Crippen LogP contribution in [0.1, 0.15) is 28.3 Å². The average Bonchev–Trinajstić information content (AvgIpc) is 2.71. The lowest BCUT2D eigenvalue weighted by molar-refractivity contribution is -0.121. The molecule has 0 aromatic heterocycles. The number of rotatable bonds is 8. The summed E-state index contributed by atoms with van der Waals surface area (Å²) in [6.07, 6.45) is 0.436. The molecule has 5 nitrogen and oxygen atoms in total. The molecule has 0 aliphatic carbocycles. The van der Waals surface area contributed by atoms with Gasteiger partial charge in [0.1, 0.15) is 6.04 Å². The highest BCUT2D eigenvalue weighted by atomic mass is 35.5. The van der Waals surface area contributed by atoms with E-state index >= 15 is 0 Å². The Hall–Kier alpha value is -2.67. The number of amides is 1. The fraction of sp³-hybridized carbons (Fsp3) is 0.208. The Kier molecular flexibility index (Phi) is 7.15. The zero-order valence-corrected chi connectivity index (χ0v) is 19.0. The predicted molar refractivity (Wildman–Crippen MR) is 123 cm³/mol. The standard InChI is InChI=1S/C24H25ClN2O3S/c1-17-14-18(2)16-19(15-17)12-13-27(23(24(26)28)20-6-4-3-5-7-20)31(29,30)22-10-8-21(25)9-11-22/h3-11,14-16,23H,12-13H2,1-2H3,(H2,26,28)/t23-/m1/s1. The summed E-state index contributed by atoms with van der Waals surface area (Å²) >= 11 is 5.94. The quantitative estimate of drug-likeness (QED) is 0.544. The van der Waals surface area contributed by atoms with Crippen LogP contribution >= 0.6 is 11.6 Å². The molecule has 31 heavy (non-hydrogen) atoms. The summed E-state index contributed by atoms with van der Waals surface area (Å²) in [6.45, 7) is 4.08. The second-order valence-electron chi connectivity index (χ2n) is 7.53. The van der Waals surface area contributed by atoms with Crippen LogP contribution in [0, 0.1) is 13.8 Å². The van der Waals surface area contributed by atoms with Gasteiger partial charge < -0.3 is 5.73 Å². The Morgan fingerprint density at radius 3 is 2.10 bits per heavy atom. The molecule has 0 saturated carbocycles. The van der Waals surface area contributed by atoms with E-state index in [1.807, 2.05) is 26.0 Å². The average molecular weight is 457 g/mol. The molecule has 0 unspecified atom stereocenters. The lowest BCUT2D eigenvalue weighted by atomic mass is 10.0. The molecule has 0 heterocycles. The lowest BCUT2D eigenvalue weighted by Gasteiger charge is -2.29. The monoisotopic (exact) mass is 456 g/mol. The Bertz CT molecular complexity index is 1140. The van der Waals surface area contributed by atoms with Gasteiger partial charge in [0.05, 0.1) is 4.90 Å². The third-order valence-corrected chi connectivity index (χ3v) is 7.13. The Labute approximate surface area is 188 Å². The Morgan fingerprint density at radius 2 is 1.55 bits per heavy atom. The van der Waals surface area contributed by atoms with E-state index in [0.29, 0.717) is 17.0 Å². The molecule has 0 saturated heterocycles. The summed E-state index contributed by atoms with van der Waals surface area (Å²) in [7, 11) is -4.03. The molecule has 0 radical (unpaired) electrons. The van der Waals surface area contributed by atoms with Gasteiger partial charge in [0, 0.05) is 11.6 Å². The highest BCUT2D eigenvalue weighted by Gasteiger charge is 2.35. The van der Waals surface area contributed by atoms with E-state index in [0.717, 1.165) is 16.7 Å². The van der Waals surface area contributed by atoms with Crippen molar-refractivity contribution < 1.29 is 13.2 Å². The fourth-order valence-electron chi connectivity index (χ4n) is 3.69. The summed E-state index contributed by atoms with van der Waals surface area (Å²) in [4.78, 5) is 12.5. The second kappa shape index (κ2) is 9.64. The molecular weight excluding hydrogens is 432 g/mol. The number of primary amides is 1. The number of nitrogens with two attached hydrogens (primary N) is 1. The number of carbonyl (C=O) groups excluding carboxylic acids is 1. The number of aryl methyl sites for hydroxylation is 2. The van der Waals surface area contributed by atoms with Gasteiger partial charge >= 0.3 is 0 Å². The molecule has 2 N–H and O–H groups in total. The molecule has 0 spiro atoms. The fourth-order valence-corrected chi connectivity index (χ4v) is 5.40. The van der Waals surface area contributed by atoms with Crippen LogP contribution in [0.4, 0.5) is 0 Å². The summed E-state index contributed by atoms with van der Waals surface area (Å²) in [6, 6.07) is 19.6.